The van der Waals surface area contributed by atoms with Crippen LogP contribution in [-0.4, -0.2) is 27.9 Å². The third-order valence-electron chi connectivity index (χ3n) is 5.26. The number of carbonyl (C=O) groups is 1. The van der Waals surface area contributed by atoms with E-state index in [1.807, 2.05) is 36.4 Å². The van der Waals surface area contributed by atoms with E-state index in [1.54, 1.807) is 20.1 Å². The van der Waals surface area contributed by atoms with Crippen molar-refractivity contribution < 1.29 is 9.53 Å². The predicted octanol–water partition coefficient (Wildman–Crippen LogP) is 6.61. The first-order valence-corrected chi connectivity index (χ1v) is 11.9. The van der Waals surface area contributed by atoms with Gasteiger partial charge in [0.25, 0.3) is 5.56 Å². The average molecular weight is 545 g/mol. The maximum absolute atomic E-state index is 12.9. The summed E-state index contributed by atoms with van der Waals surface area (Å²) in [5.74, 6) is 0.653. The highest BCUT2D eigenvalue weighted by Crippen LogP contribution is 2.33. The Morgan fingerprint density at radius 1 is 0.972 bits per heavy atom. The molecular formula is C25H20Cl3N5O3. The standard InChI is InChI=1S/C25H20Cl3N5O3/c1-3-33-24(34)22(30-25(35)31-23-19(27)12-29-13-20(23)28)11-21(32-33)15-6-4-5-14(9-15)17-8-7-16(36-2)10-18(17)26/h4-13H,3H2,1-2H3,(H2,29,30,31,35). The van der Waals surface area contributed by atoms with Gasteiger partial charge in [-0.15, -0.1) is 0 Å². The zero-order valence-corrected chi connectivity index (χ0v) is 21.4. The van der Waals surface area contributed by atoms with Crippen molar-refractivity contribution >= 4 is 52.2 Å². The van der Waals surface area contributed by atoms with Gasteiger partial charge in [0.05, 0.1) is 33.6 Å². The SMILES string of the molecule is CCn1nc(-c2cccc(-c3ccc(OC)cc3Cl)c2)cc(NC(=O)Nc2c(Cl)cncc2Cl)c1=O. The molecule has 11 heteroatoms. The third kappa shape index (κ3) is 5.46. The lowest BCUT2D eigenvalue weighted by Crippen LogP contribution is -2.29. The van der Waals surface area contributed by atoms with Crippen LogP contribution < -0.4 is 20.9 Å². The molecule has 2 amide bonds. The van der Waals surface area contributed by atoms with Crippen molar-refractivity contribution in [3.05, 3.63) is 86.3 Å². The molecule has 2 N–H and O–H groups in total. The van der Waals surface area contributed by atoms with Gasteiger partial charge in [-0.05, 0) is 42.8 Å². The van der Waals surface area contributed by atoms with Crippen LogP contribution in [0.2, 0.25) is 15.1 Å². The van der Waals surface area contributed by atoms with E-state index in [0.717, 1.165) is 16.7 Å². The molecule has 0 saturated heterocycles. The Bertz CT molecular complexity index is 1490. The third-order valence-corrected chi connectivity index (χ3v) is 6.15. The van der Waals surface area contributed by atoms with E-state index in [1.165, 1.54) is 23.1 Å². The first-order valence-electron chi connectivity index (χ1n) is 10.7. The predicted molar refractivity (Wildman–Crippen MR) is 144 cm³/mol. The van der Waals surface area contributed by atoms with Crippen LogP contribution in [0.25, 0.3) is 22.4 Å². The summed E-state index contributed by atoms with van der Waals surface area (Å²) in [5.41, 5.74) is 2.63. The van der Waals surface area contributed by atoms with Crippen molar-refractivity contribution in [1.82, 2.24) is 14.8 Å². The van der Waals surface area contributed by atoms with E-state index in [-0.39, 0.29) is 21.4 Å². The number of hydrogen-bond donors (Lipinski definition) is 2. The molecule has 2 heterocycles. The van der Waals surface area contributed by atoms with Crippen molar-refractivity contribution in [2.24, 2.45) is 0 Å². The summed E-state index contributed by atoms with van der Waals surface area (Å²) >= 11 is 18.6. The number of halogens is 3. The summed E-state index contributed by atoms with van der Waals surface area (Å²) in [4.78, 5) is 29.4. The lowest BCUT2D eigenvalue weighted by atomic mass is 10.0. The number of pyridine rings is 1. The van der Waals surface area contributed by atoms with E-state index >= 15 is 0 Å². The number of anilines is 2. The topological polar surface area (TPSA) is 98.1 Å². The number of aryl methyl sites for hydroxylation is 1. The second-order valence-electron chi connectivity index (χ2n) is 7.55. The van der Waals surface area contributed by atoms with Gasteiger partial charge in [-0.3, -0.25) is 9.78 Å². The molecule has 0 saturated carbocycles. The van der Waals surface area contributed by atoms with E-state index in [2.05, 4.69) is 20.7 Å². The molecule has 4 aromatic rings. The minimum absolute atomic E-state index is 0.0357. The number of aromatic nitrogens is 3. The molecule has 2 aromatic carbocycles. The minimum Gasteiger partial charge on any atom is -0.497 e. The molecule has 0 aliphatic heterocycles. The molecule has 184 valence electrons. The summed E-state index contributed by atoms with van der Waals surface area (Å²) < 4.78 is 6.50. The Morgan fingerprint density at radius 3 is 2.36 bits per heavy atom. The second kappa shape index (κ2) is 11.0. The fraction of sp³-hybridized carbons (Fsp3) is 0.120. The number of nitrogens with one attached hydrogen (secondary N) is 2. The van der Waals surface area contributed by atoms with Crippen molar-refractivity contribution in [3.8, 4) is 28.1 Å². The van der Waals surface area contributed by atoms with Gasteiger partial charge in [0.15, 0.2) is 0 Å². The van der Waals surface area contributed by atoms with Crippen molar-refractivity contribution in [3.63, 3.8) is 0 Å². The Labute approximate surface area is 221 Å². The van der Waals surface area contributed by atoms with Gasteiger partial charge in [0.1, 0.15) is 11.4 Å². The quantitative estimate of drug-likeness (QED) is 0.285. The van der Waals surface area contributed by atoms with Crippen LogP contribution in [0.4, 0.5) is 16.2 Å². The van der Waals surface area contributed by atoms with E-state index in [0.29, 0.717) is 23.0 Å². The number of carbonyl (C=O) groups excluding carboxylic acids is 1. The number of methoxy groups -OCH3 is 1. The van der Waals surface area contributed by atoms with Crippen LogP contribution in [0.15, 0.2) is 65.7 Å². The lowest BCUT2D eigenvalue weighted by molar-refractivity contribution is 0.262. The van der Waals surface area contributed by atoms with Crippen molar-refractivity contribution in [2.75, 3.05) is 17.7 Å². The monoisotopic (exact) mass is 543 g/mol. The largest absolute Gasteiger partial charge is 0.497 e. The number of nitrogens with zero attached hydrogens (tertiary/aromatic N) is 3. The molecular weight excluding hydrogens is 525 g/mol. The van der Waals surface area contributed by atoms with Crippen LogP contribution in [-0.2, 0) is 6.54 Å². The fourth-order valence-corrected chi connectivity index (χ4v) is 4.23. The van der Waals surface area contributed by atoms with Crippen molar-refractivity contribution in [2.45, 2.75) is 13.5 Å². The normalized spacial score (nSPS) is 10.7. The Kier molecular flexibility index (Phi) is 7.79. The van der Waals surface area contributed by atoms with Gasteiger partial charge >= 0.3 is 6.03 Å². The molecule has 2 aromatic heterocycles. The maximum Gasteiger partial charge on any atom is 0.323 e. The minimum atomic E-state index is -0.694. The smallest absolute Gasteiger partial charge is 0.323 e. The number of rotatable bonds is 6. The fourth-order valence-electron chi connectivity index (χ4n) is 3.49. The number of urea groups is 1. The molecule has 0 unspecified atom stereocenters. The molecule has 36 heavy (non-hydrogen) atoms. The molecule has 0 fully saturated rings. The molecule has 0 aliphatic carbocycles. The van der Waals surface area contributed by atoms with E-state index in [9.17, 15) is 9.59 Å². The molecule has 0 radical (unpaired) electrons. The highest BCUT2D eigenvalue weighted by atomic mass is 35.5. The zero-order chi connectivity index (χ0) is 25.8. The maximum atomic E-state index is 12.9. The lowest BCUT2D eigenvalue weighted by Gasteiger charge is -2.13. The van der Waals surface area contributed by atoms with Crippen LogP contribution in [0, 0.1) is 0 Å². The number of hydrogen-bond acceptors (Lipinski definition) is 5. The summed E-state index contributed by atoms with van der Waals surface area (Å²) in [6.07, 6.45) is 2.69. The van der Waals surface area contributed by atoms with Crippen LogP contribution >= 0.6 is 34.8 Å². The second-order valence-corrected chi connectivity index (χ2v) is 8.77. The van der Waals surface area contributed by atoms with Gasteiger partial charge < -0.3 is 15.4 Å². The van der Waals surface area contributed by atoms with Crippen molar-refractivity contribution in [1.29, 1.82) is 0 Å². The van der Waals surface area contributed by atoms with Crippen LogP contribution in [0.3, 0.4) is 0 Å². The summed E-state index contributed by atoms with van der Waals surface area (Å²) in [6, 6.07) is 13.8. The highest BCUT2D eigenvalue weighted by molar-refractivity contribution is 6.39. The van der Waals surface area contributed by atoms with Gasteiger partial charge in [-0.1, -0.05) is 53.0 Å². The Balaban J connectivity index is 1.68. The number of benzene rings is 2. The van der Waals surface area contributed by atoms with Crippen LogP contribution in [0.1, 0.15) is 6.92 Å². The number of ether oxygens (including phenoxy) is 1. The Hall–Kier alpha value is -3.59. The summed E-state index contributed by atoms with van der Waals surface area (Å²) in [5, 5.41) is 10.4. The van der Waals surface area contributed by atoms with Crippen LogP contribution in [0.5, 0.6) is 5.75 Å². The van der Waals surface area contributed by atoms with Gasteiger partial charge in [0.2, 0.25) is 0 Å². The molecule has 8 nitrogen and oxygen atoms in total. The first-order chi connectivity index (χ1) is 17.3. The van der Waals surface area contributed by atoms with Gasteiger partial charge in [0, 0.05) is 30.1 Å². The first kappa shape index (κ1) is 25.5. The molecule has 0 bridgehead atoms. The zero-order valence-electron chi connectivity index (χ0n) is 19.2. The summed E-state index contributed by atoms with van der Waals surface area (Å²) in [7, 11) is 1.58. The highest BCUT2D eigenvalue weighted by Gasteiger charge is 2.15. The average Bonchev–Trinajstić information content (AvgIpc) is 2.87. The van der Waals surface area contributed by atoms with Gasteiger partial charge in [-0.25, -0.2) is 9.48 Å². The number of amides is 2. The summed E-state index contributed by atoms with van der Waals surface area (Å²) in [6.45, 7) is 2.08. The molecule has 0 spiro atoms. The Morgan fingerprint density at radius 2 is 1.69 bits per heavy atom. The van der Waals surface area contributed by atoms with Gasteiger partial charge in [-0.2, -0.15) is 5.10 Å². The van der Waals surface area contributed by atoms with E-state index < -0.39 is 11.6 Å². The molecule has 0 aliphatic rings. The molecule has 4 rings (SSSR count). The molecule has 0 atom stereocenters. The van der Waals surface area contributed by atoms with E-state index in [4.69, 9.17) is 39.5 Å².